The van der Waals surface area contributed by atoms with Crippen molar-refractivity contribution in [3.63, 3.8) is 0 Å². The van der Waals surface area contributed by atoms with Crippen molar-refractivity contribution in [3.05, 3.63) is 71.3 Å². The molecule has 0 aliphatic carbocycles. The summed E-state index contributed by atoms with van der Waals surface area (Å²) < 4.78 is 0. The van der Waals surface area contributed by atoms with E-state index in [1.807, 2.05) is 70.2 Å². The number of nitrogens with one attached hydrogen (secondary N) is 1. The van der Waals surface area contributed by atoms with Crippen LogP contribution >= 0.6 is 0 Å². The fourth-order valence-corrected chi connectivity index (χ4v) is 3.44. The SMILES string of the molecule is CC[C@H](C(=O)N[C@@H](C)CC)N(CCc1ccccc1)C(=O)Cc1cccc(C)c1. The van der Waals surface area contributed by atoms with Crippen molar-refractivity contribution in [2.24, 2.45) is 0 Å². The highest BCUT2D eigenvalue weighted by Crippen LogP contribution is 2.13. The Balaban J connectivity index is 2.20. The number of nitrogens with zero attached hydrogens (tertiary/aromatic N) is 1. The molecular formula is C25H34N2O2. The molecule has 4 nitrogen and oxygen atoms in total. The smallest absolute Gasteiger partial charge is 0.243 e. The van der Waals surface area contributed by atoms with Gasteiger partial charge in [0.05, 0.1) is 6.42 Å². The third-order valence-corrected chi connectivity index (χ3v) is 5.31. The molecule has 2 amide bonds. The lowest BCUT2D eigenvalue weighted by molar-refractivity contribution is -0.140. The van der Waals surface area contributed by atoms with Gasteiger partial charge in [-0.1, -0.05) is 74.0 Å². The molecule has 0 saturated heterocycles. The highest BCUT2D eigenvalue weighted by atomic mass is 16.2. The molecule has 0 heterocycles. The van der Waals surface area contributed by atoms with Gasteiger partial charge in [-0.25, -0.2) is 0 Å². The van der Waals surface area contributed by atoms with E-state index in [-0.39, 0.29) is 17.9 Å². The van der Waals surface area contributed by atoms with Crippen LogP contribution in [0.25, 0.3) is 0 Å². The molecule has 0 radical (unpaired) electrons. The van der Waals surface area contributed by atoms with Gasteiger partial charge in [-0.2, -0.15) is 0 Å². The molecule has 0 fully saturated rings. The van der Waals surface area contributed by atoms with Gasteiger partial charge >= 0.3 is 0 Å². The van der Waals surface area contributed by atoms with Crippen molar-refractivity contribution in [2.75, 3.05) is 6.54 Å². The summed E-state index contributed by atoms with van der Waals surface area (Å²) in [5, 5.41) is 3.05. The molecule has 2 atom stereocenters. The van der Waals surface area contributed by atoms with Crippen LogP contribution in [0.4, 0.5) is 0 Å². The maximum absolute atomic E-state index is 13.3. The van der Waals surface area contributed by atoms with Crippen LogP contribution in [0.1, 0.15) is 50.3 Å². The molecule has 0 saturated carbocycles. The van der Waals surface area contributed by atoms with E-state index >= 15 is 0 Å². The lowest BCUT2D eigenvalue weighted by atomic mass is 10.0. The molecular weight excluding hydrogens is 360 g/mol. The standard InChI is InChI=1S/C25H34N2O2/c1-5-20(4)26-25(29)23(6-2)27(16-15-21-12-8-7-9-13-21)24(28)18-22-14-10-11-19(3)17-22/h7-14,17,20,23H,5-6,15-16,18H2,1-4H3,(H,26,29)/t20-,23+/m0/s1. The van der Waals surface area contributed by atoms with Crippen molar-refractivity contribution >= 4 is 11.8 Å². The lowest BCUT2D eigenvalue weighted by Crippen LogP contribution is -2.52. The van der Waals surface area contributed by atoms with Crippen LogP contribution in [0.15, 0.2) is 54.6 Å². The molecule has 4 heteroatoms. The number of aryl methyl sites for hydroxylation is 1. The number of amides is 2. The summed E-state index contributed by atoms with van der Waals surface area (Å²) >= 11 is 0. The number of rotatable bonds is 10. The van der Waals surface area contributed by atoms with Gasteiger partial charge in [0.2, 0.25) is 11.8 Å². The first-order chi connectivity index (χ1) is 13.9. The molecule has 0 spiro atoms. The van der Waals surface area contributed by atoms with Crippen molar-refractivity contribution in [1.29, 1.82) is 0 Å². The molecule has 1 N–H and O–H groups in total. The maximum Gasteiger partial charge on any atom is 0.243 e. The maximum atomic E-state index is 13.3. The van der Waals surface area contributed by atoms with Crippen LogP contribution in [0.5, 0.6) is 0 Å². The summed E-state index contributed by atoms with van der Waals surface area (Å²) in [6.45, 7) is 8.56. The summed E-state index contributed by atoms with van der Waals surface area (Å²) in [5.74, 6) is -0.0646. The molecule has 0 aliphatic heterocycles. The van der Waals surface area contributed by atoms with Crippen molar-refractivity contribution < 1.29 is 9.59 Å². The average Bonchev–Trinajstić information content (AvgIpc) is 2.71. The van der Waals surface area contributed by atoms with Crippen LogP contribution in [-0.4, -0.2) is 35.3 Å². The molecule has 0 bridgehead atoms. The highest BCUT2D eigenvalue weighted by Gasteiger charge is 2.28. The molecule has 0 aromatic heterocycles. The zero-order chi connectivity index (χ0) is 21.2. The first-order valence-electron chi connectivity index (χ1n) is 10.6. The second-order valence-corrected chi connectivity index (χ2v) is 7.73. The summed E-state index contributed by atoms with van der Waals surface area (Å²) in [7, 11) is 0. The van der Waals surface area contributed by atoms with Crippen LogP contribution in [0, 0.1) is 6.92 Å². The van der Waals surface area contributed by atoms with Gasteiger partial charge in [0.25, 0.3) is 0 Å². The fourth-order valence-electron chi connectivity index (χ4n) is 3.44. The minimum atomic E-state index is -0.454. The topological polar surface area (TPSA) is 49.4 Å². The zero-order valence-corrected chi connectivity index (χ0v) is 18.2. The monoisotopic (exact) mass is 394 g/mol. The number of carbonyl (C=O) groups excluding carboxylic acids is 2. The van der Waals surface area contributed by atoms with Crippen molar-refractivity contribution in [1.82, 2.24) is 10.2 Å². The predicted molar refractivity (Wildman–Crippen MR) is 119 cm³/mol. The van der Waals surface area contributed by atoms with Crippen LogP contribution in [0.2, 0.25) is 0 Å². The summed E-state index contributed by atoms with van der Waals surface area (Å²) in [6, 6.07) is 17.8. The van der Waals surface area contributed by atoms with E-state index in [9.17, 15) is 9.59 Å². The largest absolute Gasteiger partial charge is 0.352 e. The summed E-state index contributed by atoms with van der Waals surface area (Å²) in [6.07, 6.45) is 2.50. The van der Waals surface area contributed by atoms with Crippen LogP contribution in [-0.2, 0) is 22.4 Å². The number of carbonyl (C=O) groups is 2. The summed E-state index contributed by atoms with van der Waals surface area (Å²) in [4.78, 5) is 27.9. The number of hydrogen-bond acceptors (Lipinski definition) is 2. The van der Waals surface area contributed by atoms with Gasteiger partial charge in [0, 0.05) is 12.6 Å². The lowest BCUT2D eigenvalue weighted by Gasteiger charge is -2.31. The quantitative estimate of drug-likeness (QED) is 0.653. The van der Waals surface area contributed by atoms with Gasteiger partial charge in [0.1, 0.15) is 6.04 Å². The molecule has 29 heavy (non-hydrogen) atoms. The van der Waals surface area contributed by atoms with Gasteiger partial charge in [-0.15, -0.1) is 0 Å². The van der Waals surface area contributed by atoms with Gasteiger partial charge in [-0.05, 0) is 44.2 Å². The first-order valence-corrected chi connectivity index (χ1v) is 10.6. The van der Waals surface area contributed by atoms with E-state index in [0.717, 1.165) is 29.5 Å². The predicted octanol–water partition coefficient (Wildman–Crippen LogP) is 4.30. The third-order valence-electron chi connectivity index (χ3n) is 5.31. The van der Waals surface area contributed by atoms with Crippen LogP contribution < -0.4 is 5.32 Å². The van der Waals surface area contributed by atoms with E-state index in [4.69, 9.17) is 0 Å². The minimum Gasteiger partial charge on any atom is -0.352 e. The molecule has 2 aromatic carbocycles. The van der Waals surface area contributed by atoms with E-state index in [0.29, 0.717) is 19.4 Å². The Morgan fingerprint density at radius 1 is 0.966 bits per heavy atom. The third kappa shape index (κ3) is 7.04. The van der Waals surface area contributed by atoms with Crippen molar-refractivity contribution in [2.45, 2.75) is 65.5 Å². The first kappa shape index (κ1) is 22.7. The van der Waals surface area contributed by atoms with Crippen molar-refractivity contribution in [3.8, 4) is 0 Å². The normalized spacial score (nSPS) is 12.8. The minimum absolute atomic E-state index is 0.00215. The summed E-state index contributed by atoms with van der Waals surface area (Å²) in [5.41, 5.74) is 3.28. The van der Waals surface area contributed by atoms with Crippen LogP contribution in [0.3, 0.4) is 0 Å². The van der Waals surface area contributed by atoms with E-state index in [1.165, 1.54) is 0 Å². The van der Waals surface area contributed by atoms with E-state index < -0.39 is 6.04 Å². The molecule has 0 unspecified atom stereocenters. The zero-order valence-electron chi connectivity index (χ0n) is 18.2. The van der Waals surface area contributed by atoms with Gasteiger partial charge in [0.15, 0.2) is 0 Å². The molecule has 156 valence electrons. The Hall–Kier alpha value is -2.62. The number of hydrogen-bond donors (Lipinski definition) is 1. The highest BCUT2D eigenvalue weighted by molar-refractivity contribution is 5.88. The Bertz CT molecular complexity index is 788. The fraction of sp³-hybridized carbons (Fsp3) is 0.440. The second kappa shape index (κ2) is 11.4. The number of benzene rings is 2. The average molecular weight is 395 g/mol. The van der Waals surface area contributed by atoms with E-state index in [1.54, 1.807) is 4.90 Å². The Morgan fingerprint density at radius 3 is 2.28 bits per heavy atom. The molecule has 0 aliphatic rings. The molecule has 2 aromatic rings. The molecule has 2 rings (SSSR count). The van der Waals surface area contributed by atoms with E-state index in [2.05, 4.69) is 17.4 Å². The van der Waals surface area contributed by atoms with Gasteiger partial charge < -0.3 is 10.2 Å². The Morgan fingerprint density at radius 2 is 1.66 bits per heavy atom. The second-order valence-electron chi connectivity index (χ2n) is 7.73. The Labute approximate surface area is 175 Å². The Kier molecular flexibility index (Phi) is 8.91. The van der Waals surface area contributed by atoms with Gasteiger partial charge in [-0.3, -0.25) is 9.59 Å².